The van der Waals surface area contributed by atoms with Crippen LogP contribution >= 0.6 is 0 Å². The minimum absolute atomic E-state index is 0.157. The first-order chi connectivity index (χ1) is 5.20. The zero-order chi connectivity index (χ0) is 8.43. The summed E-state index contributed by atoms with van der Waals surface area (Å²) in [6.07, 6.45) is 1.93. The third kappa shape index (κ3) is 1.30. The lowest BCUT2D eigenvalue weighted by Gasteiger charge is -2.11. The van der Waals surface area contributed by atoms with Gasteiger partial charge in [-0.25, -0.2) is 0 Å². The van der Waals surface area contributed by atoms with E-state index in [1.54, 1.807) is 0 Å². The second kappa shape index (κ2) is 3.07. The van der Waals surface area contributed by atoms with Crippen molar-refractivity contribution in [3.8, 4) is 0 Å². The van der Waals surface area contributed by atoms with Crippen LogP contribution in [0.25, 0.3) is 0 Å². The standard InChI is InChI=1S/C9H15NO/c1-4-7-6(3)10-9(11)8(7)5-2/h7-8H,3-5H2,1-2H3,(H,10,11). The second-order valence-corrected chi connectivity index (χ2v) is 3.04. The van der Waals surface area contributed by atoms with Gasteiger partial charge in [0, 0.05) is 17.5 Å². The Bertz CT molecular complexity index is 166. The van der Waals surface area contributed by atoms with Gasteiger partial charge in [-0.3, -0.25) is 4.79 Å². The van der Waals surface area contributed by atoms with Gasteiger partial charge < -0.3 is 5.32 Å². The van der Waals surface area contributed by atoms with E-state index < -0.39 is 0 Å². The van der Waals surface area contributed by atoms with E-state index in [0.717, 1.165) is 18.5 Å². The smallest absolute Gasteiger partial charge is 0.227 e. The summed E-state index contributed by atoms with van der Waals surface area (Å²) >= 11 is 0. The molecule has 2 atom stereocenters. The Hall–Kier alpha value is -0.790. The summed E-state index contributed by atoms with van der Waals surface area (Å²) in [7, 11) is 0. The fourth-order valence-electron chi connectivity index (χ4n) is 1.77. The summed E-state index contributed by atoms with van der Waals surface area (Å²) in [5.41, 5.74) is 0.907. The summed E-state index contributed by atoms with van der Waals surface area (Å²) in [6, 6.07) is 0. The minimum atomic E-state index is 0.157. The maximum absolute atomic E-state index is 11.2. The third-order valence-electron chi connectivity index (χ3n) is 2.43. The molecule has 11 heavy (non-hydrogen) atoms. The molecule has 1 saturated heterocycles. The Morgan fingerprint density at radius 3 is 2.27 bits per heavy atom. The predicted octanol–water partition coefficient (Wildman–Crippen LogP) is 1.68. The van der Waals surface area contributed by atoms with E-state index in [2.05, 4.69) is 18.8 Å². The Morgan fingerprint density at radius 2 is 1.91 bits per heavy atom. The lowest BCUT2D eigenvalue weighted by atomic mass is 9.89. The highest BCUT2D eigenvalue weighted by atomic mass is 16.2. The zero-order valence-electron chi connectivity index (χ0n) is 7.18. The molecule has 1 aliphatic heterocycles. The largest absolute Gasteiger partial charge is 0.330 e. The van der Waals surface area contributed by atoms with Crippen LogP contribution in [0.4, 0.5) is 0 Å². The maximum atomic E-state index is 11.2. The summed E-state index contributed by atoms with van der Waals surface area (Å²) in [4.78, 5) is 11.2. The molecule has 1 N–H and O–H groups in total. The highest BCUT2D eigenvalue weighted by Gasteiger charge is 2.34. The van der Waals surface area contributed by atoms with Gasteiger partial charge in [-0.05, 0) is 12.8 Å². The number of hydrogen-bond acceptors (Lipinski definition) is 1. The molecule has 2 heteroatoms. The van der Waals surface area contributed by atoms with Crippen molar-refractivity contribution in [3.05, 3.63) is 12.3 Å². The van der Waals surface area contributed by atoms with E-state index in [9.17, 15) is 4.79 Å². The van der Waals surface area contributed by atoms with Crippen molar-refractivity contribution < 1.29 is 4.79 Å². The van der Waals surface area contributed by atoms with E-state index in [1.165, 1.54) is 0 Å². The van der Waals surface area contributed by atoms with Crippen molar-refractivity contribution in [2.75, 3.05) is 0 Å². The van der Waals surface area contributed by atoms with Gasteiger partial charge in [-0.1, -0.05) is 20.4 Å². The SMILES string of the molecule is C=C1NC(=O)C(CC)C1CC. The van der Waals surface area contributed by atoms with E-state index in [1.807, 2.05) is 6.92 Å². The summed E-state index contributed by atoms with van der Waals surface area (Å²) in [5, 5.41) is 2.79. The Labute approximate surface area is 67.7 Å². The van der Waals surface area contributed by atoms with Gasteiger partial charge in [-0.2, -0.15) is 0 Å². The van der Waals surface area contributed by atoms with E-state index in [0.29, 0.717) is 5.92 Å². The molecule has 1 heterocycles. The van der Waals surface area contributed by atoms with Crippen LogP contribution in [0.2, 0.25) is 0 Å². The predicted molar refractivity (Wildman–Crippen MR) is 44.8 cm³/mol. The molecule has 2 unspecified atom stereocenters. The van der Waals surface area contributed by atoms with Crippen LogP contribution in [-0.4, -0.2) is 5.91 Å². The molecule has 0 spiro atoms. The fraction of sp³-hybridized carbons (Fsp3) is 0.667. The van der Waals surface area contributed by atoms with Crippen LogP contribution in [0.5, 0.6) is 0 Å². The van der Waals surface area contributed by atoms with Crippen LogP contribution in [-0.2, 0) is 4.79 Å². The first kappa shape index (κ1) is 8.31. The van der Waals surface area contributed by atoms with Crippen LogP contribution in [0.1, 0.15) is 26.7 Å². The number of carbonyl (C=O) groups is 1. The number of amides is 1. The van der Waals surface area contributed by atoms with Gasteiger partial charge in [0.1, 0.15) is 0 Å². The maximum Gasteiger partial charge on any atom is 0.227 e. The summed E-state index contributed by atoms with van der Waals surface area (Å²) < 4.78 is 0. The molecule has 1 aliphatic rings. The van der Waals surface area contributed by atoms with Gasteiger partial charge in [0.25, 0.3) is 0 Å². The highest BCUT2D eigenvalue weighted by molar-refractivity contribution is 5.84. The summed E-state index contributed by atoms with van der Waals surface area (Å²) in [5.74, 6) is 0.698. The molecule has 1 fully saturated rings. The van der Waals surface area contributed by atoms with Crippen LogP contribution in [0.3, 0.4) is 0 Å². The molecule has 0 radical (unpaired) electrons. The Kier molecular flexibility index (Phi) is 2.32. The van der Waals surface area contributed by atoms with Gasteiger partial charge >= 0.3 is 0 Å². The van der Waals surface area contributed by atoms with Crippen LogP contribution < -0.4 is 5.32 Å². The molecular formula is C9H15NO. The molecule has 0 aromatic rings. The summed E-state index contributed by atoms with van der Waals surface area (Å²) in [6.45, 7) is 7.97. The lowest BCUT2D eigenvalue weighted by molar-refractivity contribution is -0.122. The first-order valence-corrected chi connectivity index (χ1v) is 4.20. The quantitative estimate of drug-likeness (QED) is 0.642. The van der Waals surface area contributed by atoms with Gasteiger partial charge in [0.05, 0.1) is 0 Å². The number of carbonyl (C=O) groups excluding carboxylic acids is 1. The van der Waals surface area contributed by atoms with Crippen molar-refractivity contribution in [3.63, 3.8) is 0 Å². The monoisotopic (exact) mass is 153 g/mol. The molecule has 1 rings (SSSR count). The molecule has 62 valence electrons. The lowest BCUT2D eigenvalue weighted by Crippen LogP contribution is -2.18. The van der Waals surface area contributed by atoms with Crippen molar-refractivity contribution in [1.82, 2.24) is 5.32 Å². The van der Waals surface area contributed by atoms with Crippen LogP contribution in [0.15, 0.2) is 12.3 Å². The van der Waals surface area contributed by atoms with Gasteiger partial charge in [-0.15, -0.1) is 0 Å². The molecule has 0 aliphatic carbocycles. The van der Waals surface area contributed by atoms with Gasteiger partial charge in [0.15, 0.2) is 0 Å². The molecule has 1 amide bonds. The molecule has 0 aromatic carbocycles. The number of hydrogen-bond donors (Lipinski definition) is 1. The molecule has 0 bridgehead atoms. The second-order valence-electron chi connectivity index (χ2n) is 3.04. The number of allylic oxidation sites excluding steroid dienone is 1. The first-order valence-electron chi connectivity index (χ1n) is 4.20. The number of nitrogens with one attached hydrogen (secondary N) is 1. The van der Waals surface area contributed by atoms with Crippen molar-refractivity contribution >= 4 is 5.91 Å². The number of rotatable bonds is 2. The van der Waals surface area contributed by atoms with E-state index >= 15 is 0 Å². The average molecular weight is 153 g/mol. The molecular weight excluding hydrogens is 138 g/mol. The van der Waals surface area contributed by atoms with Crippen molar-refractivity contribution in [1.29, 1.82) is 0 Å². The molecule has 0 aromatic heterocycles. The van der Waals surface area contributed by atoms with Gasteiger partial charge in [0.2, 0.25) is 5.91 Å². The topological polar surface area (TPSA) is 29.1 Å². The Morgan fingerprint density at radius 1 is 1.36 bits per heavy atom. The third-order valence-corrected chi connectivity index (χ3v) is 2.43. The molecule has 0 saturated carbocycles. The van der Waals surface area contributed by atoms with Crippen molar-refractivity contribution in [2.24, 2.45) is 11.8 Å². The van der Waals surface area contributed by atoms with E-state index in [4.69, 9.17) is 0 Å². The Balaban J connectivity index is 2.74. The highest BCUT2D eigenvalue weighted by Crippen LogP contribution is 2.30. The molecule has 2 nitrogen and oxygen atoms in total. The fourth-order valence-corrected chi connectivity index (χ4v) is 1.77. The normalized spacial score (nSPS) is 30.7. The zero-order valence-corrected chi connectivity index (χ0v) is 7.18. The average Bonchev–Trinajstić information content (AvgIpc) is 2.24. The van der Waals surface area contributed by atoms with E-state index in [-0.39, 0.29) is 11.8 Å². The minimum Gasteiger partial charge on any atom is -0.330 e. The van der Waals surface area contributed by atoms with Crippen LogP contribution in [0, 0.1) is 11.8 Å². The van der Waals surface area contributed by atoms with Crippen molar-refractivity contribution in [2.45, 2.75) is 26.7 Å².